The molecule has 0 saturated carbocycles. The fraction of sp³-hybridized carbons (Fsp3) is 0.250. The van der Waals surface area contributed by atoms with E-state index in [1.165, 1.54) is 12.1 Å². The lowest BCUT2D eigenvalue weighted by Gasteiger charge is -2.16. The molecule has 1 N–H and O–H groups in total. The van der Waals surface area contributed by atoms with Crippen LogP contribution in [0.5, 0.6) is 0 Å². The topological polar surface area (TPSA) is 55.1 Å². The Balaban J connectivity index is 1.73. The van der Waals surface area contributed by atoms with Crippen LogP contribution in [0.25, 0.3) is 11.4 Å². The predicted octanol–water partition coefficient (Wildman–Crippen LogP) is 3.21. The summed E-state index contributed by atoms with van der Waals surface area (Å²) in [5.41, 5.74) is 2.52. The highest BCUT2D eigenvalue weighted by Gasteiger charge is 2.12. The maximum absolute atomic E-state index is 13.2. The number of halogens is 1. The Kier molecular flexibility index (Phi) is 6.01. The number of nitrogens with zero attached hydrogens (tertiary/aromatic N) is 4. The van der Waals surface area contributed by atoms with Crippen LogP contribution >= 0.6 is 12.2 Å². The number of hydrogen-bond donors (Lipinski definition) is 1. The Labute approximate surface area is 168 Å². The molecule has 3 aromatic rings. The number of hydrogen-bond acceptors (Lipinski definition) is 4. The van der Waals surface area contributed by atoms with Gasteiger partial charge in [0.05, 0.1) is 6.67 Å². The Morgan fingerprint density at radius 2 is 1.82 bits per heavy atom. The lowest BCUT2D eigenvalue weighted by Crippen LogP contribution is -2.23. The Morgan fingerprint density at radius 1 is 1.18 bits per heavy atom. The van der Waals surface area contributed by atoms with Crippen molar-refractivity contribution in [2.24, 2.45) is 7.05 Å². The molecule has 0 aliphatic heterocycles. The van der Waals surface area contributed by atoms with Gasteiger partial charge >= 0.3 is 0 Å². The van der Waals surface area contributed by atoms with Crippen molar-refractivity contribution >= 4 is 18.1 Å². The van der Waals surface area contributed by atoms with Gasteiger partial charge < -0.3 is 9.88 Å². The van der Waals surface area contributed by atoms with Gasteiger partial charge in [0.1, 0.15) is 5.82 Å². The summed E-state index contributed by atoms with van der Waals surface area (Å²) >= 11 is 5.50. The van der Waals surface area contributed by atoms with Gasteiger partial charge in [-0.25, -0.2) is 9.07 Å². The maximum Gasteiger partial charge on any atom is 0.251 e. The van der Waals surface area contributed by atoms with Gasteiger partial charge in [0, 0.05) is 31.8 Å². The van der Waals surface area contributed by atoms with E-state index in [-0.39, 0.29) is 11.7 Å². The first-order chi connectivity index (χ1) is 13.4. The molecule has 28 heavy (non-hydrogen) atoms. The molecule has 0 aliphatic carbocycles. The maximum atomic E-state index is 13.2. The van der Waals surface area contributed by atoms with Crippen LogP contribution in [0, 0.1) is 10.6 Å². The minimum absolute atomic E-state index is 0.104. The molecule has 0 spiro atoms. The lowest BCUT2D eigenvalue weighted by atomic mass is 10.1. The molecule has 0 atom stereocenters. The summed E-state index contributed by atoms with van der Waals surface area (Å²) in [6.45, 7) is 1.18. The molecule has 6 nitrogen and oxygen atoms in total. The highest BCUT2D eigenvalue weighted by atomic mass is 32.1. The van der Waals surface area contributed by atoms with Gasteiger partial charge in [0.25, 0.3) is 5.91 Å². The summed E-state index contributed by atoms with van der Waals surface area (Å²) in [5, 5.41) is 7.21. The molecule has 1 amide bonds. The number of carbonyl (C=O) groups excluding carboxylic acids is 1. The first-order valence-corrected chi connectivity index (χ1v) is 9.19. The monoisotopic (exact) mass is 399 g/mol. The van der Waals surface area contributed by atoms with Crippen LogP contribution in [0.3, 0.4) is 0 Å². The molecule has 2 aromatic carbocycles. The fourth-order valence-electron chi connectivity index (χ4n) is 2.93. The van der Waals surface area contributed by atoms with E-state index in [9.17, 15) is 9.18 Å². The zero-order valence-corrected chi connectivity index (χ0v) is 16.8. The molecule has 0 aliphatic rings. The molecule has 1 aromatic heterocycles. The van der Waals surface area contributed by atoms with Crippen LogP contribution in [0.4, 0.5) is 4.39 Å². The molecule has 1 heterocycles. The van der Waals surface area contributed by atoms with E-state index in [4.69, 9.17) is 12.2 Å². The molecule has 3 rings (SSSR count). The second-order valence-electron chi connectivity index (χ2n) is 6.60. The summed E-state index contributed by atoms with van der Waals surface area (Å²) in [4.78, 5) is 13.7. The van der Waals surface area contributed by atoms with Crippen LogP contribution < -0.4 is 5.32 Å². The van der Waals surface area contributed by atoms with Crippen molar-refractivity contribution in [1.29, 1.82) is 0 Å². The second-order valence-corrected chi connectivity index (χ2v) is 6.97. The molecule has 146 valence electrons. The molecule has 0 bridgehead atoms. The highest BCUT2D eigenvalue weighted by Crippen LogP contribution is 2.18. The quantitative estimate of drug-likeness (QED) is 0.647. The van der Waals surface area contributed by atoms with Crippen molar-refractivity contribution in [3.63, 3.8) is 0 Å². The first kappa shape index (κ1) is 19.9. The zero-order chi connectivity index (χ0) is 20.3. The predicted molar refractivity (Wildman–Crippen MR) is 109 cm³/mol. The number of amides is 1. The van der Waals surface area contributed by atoms with Crippen molar-refractivity contribution < 1.29 is 9.18 Å². The van der Waals surface area contributed by atoms with Gasteiger partial charge in [0.15, 0.2) is 10.6 Å². The average molecular weight is 399 g/mol. The molecule has 0 fully saturated rings. The number of benzene rings is 2. The number of aromatic nitrogens is 3. The van der Waals surface area contributed by atoms with E-state index in [0.29, 0.717) is 29.4 Å². The summed E-state index contributed by atoms with van der Waals surface area (Å²) in [6.07, 6.45) is 0. The van der Waals surface area contributed by atoms with Crippen molar-refractivity contribution in [1.82, 2.24) is 24.6 Å². The second kappa shape index (κ2) is 8.45. The molecule has 0 radical (unpaired) electrons. The van der Waals surface area contributed by atoms with E-state index >= 15 is 0 Å². The minimum atomic E-state index is -0.286. The molecular weight excluding hydrogens is 377 g/mol. The Morgan fingerprint density at radius 3 is 2.43 bits per heavy atom. The van der Waals surface area contributed by atoms with Crippen LogP contribution in [-0.4, -0.2) is 39.3 Å². The number of nitrogens with one attached hydrogen (secondary N) is 1. The summed E-state index contributed by atoms with van der Waals surface area (Å²) in [7, 11) is 5.43. The highest BCUT2D eigenvalue weighted by molar-refractivity contribution is 7.71. The third-order valence-corrected chi connectivity index (χ3v) is 4.90. The van der Waals surface area contributed by atoms with E-state index in [2.05, 4.69) is 15.3 Å². The number of rotatable bonds is 6. The lowest BCUT2D eigenvalue weighted by molar-refractivity contribution is 0.0963. The third-order valence-electron chi connectivity index (χ3n) is 4.41. The normalized spacial score (nSPS) is 11.0. The van der Waals surface area contributed by atoms with E-state index < -0.39 is 0 Å². The fourth-order valence-corrected chi connectivity index (χ4v) is 3.11. The minimum Gasteiger partial charge on any atom is -0.355 e. The average Bonchev–Trinajstić information content (AvgIpc) is 2.97. The summed E-state index contributed by atoms with van der Waals surface area (Å²) in [5.74, 6) is 0.299. The van der Waals surface area contributed by atoms with Gasteiger partial charge in [-0.3, -0.25) is 9.69 Å². The van der Waals surface area contributed by atoms with Gasteiger partial charge in [-0.1, -0.05) is 12.1 Å². The van der Waals surface area contributed by atoms with Crippen LogP contribution in [0.1, 0.15) is 15.9 Å². The molecule has 0 unspecified atom stereocenters. The van der Waals surface area contributed by atoms with Crippen molar-refractivity contribution in [2.75, 3.05) is 14.1 Å². The van der Waals surface area contributed by atoms with Gasteiger partial charge in [0.2, 0.25) is 0 Å². The first-order valence-electron chi connectivity index (χ1n) is 8.78. The summed E-state index contributed by atoms with van der Waals surface area (Å²) in [6, 6.07) is 13.7. The van der Waals surface area contributed by atoms with E-state index in [0.717, 1.165) is 11.1 Å². The van der Waals surface area contributed by atoms with Gasteiger partial charge in [-0.05, 0) is 61.2 Å². The van der Waals surface area contributed by atoms with Crippen LogP contribution in [-0.2, 0) is 20.3 Å². The molecule has 0 saturated heterocycles. The largest absolute Gasteiger partial charge is 0.355 e. The van der Waals surface area contributed by atoms with Crippen molar-refractivity contribution in [2.45, 2.75) is 13.2 Å². The zero-order valence-electron chi connectivity index (χ0n) is 16.0. The molecule has 8 heteroatoms. The summed E-state index contributed by atoms with van der Waals surface area (Å²) < 4.78 is 17.3. The van der Waals surface area contributed by atoms with Gasteiger partial charge in [-0.15, -0.1) is 0 Å². The van der Waals surface area contributed by atoms with E-state index in [1.54, 1.807) is 36.0 Å². The van der Waals surface area contributed by atoms with Crippen molar-refractivity contribution in [3.05, 3.63) is 70.2 Å². The van der Waals surface area contributed by atoms with Crippen LogP contribution in [0.15, 0.2) is 48.5 Å². The number of carbonyl (C=O) groups is 1. The van der Waals surface area contributed by atoms with E-state index in [1.807, 2.05) is 30.8 Å². The van der Waals surface area contributed by atoms with Gasteiger partial charge in [-0.2, -0.15) is 5.10 Å². The Hall–Kier alpha value is -2.84. The third kappa shape index (κ3) is 4.35. The van der Waals surface area contributed by atoms with Crippen molar-refractivity contribution in [3.8, 4) is 11.4 Å². The SMILES string of the molecule is CNC(=O)c1ccc(CN(C)Cn2nc(-c3ccc(F)cc3)n(C)c2=S)cc1. The standard InChI is InChI=1S/C20H22FN5OS/c1-22-19(27)16-6-4-14(5-7-16)12-24(2)13-26-20(28)25(3)18(23-26)15-8-10-17(21)11-9-15/h4-11H,12-13H2,1-3H3,(H,22,27). The smallest absolute Gasteiger partial charge is 0.251 e. The Bertz CT molecular complexity index is 1020. The van der Waals surface area contributed by atoms with Crippen LogP contribution in [0.2, 0.25) is 0 Å². The molecular formula is C20H22FN5OS.